The van der Waals surface area contributed by atoms with Gasteiger partial charge >= 0.3 is 5.97 Å². The van der Waals surface area contributed by atoms with Gasteiger partial charge in [-0.15, -0.1) is 11.8 Å². The van der Waals surface area contributed by atoms with Gasteiger partial charge in [-0.3, -0.25) is 19.5 Å². The molecule has 3 N–H and O–H groups in total. The number of anilines is 1. The molecule has 4 heterocycles. The summed E-state index contributed by atoms with van der Waals surface area (Å²) in [7, 11) is 1.42. The number of thioether (sulfide) groups is 2. The maximum Gasteiger partial charge on any atom is 0.356 e. The highest BCUT2D eigenvalue weighted by atomic mass is 35.5. The van der Waals surface area contributed by atoms with E-state index in [2.05, 4.69) is 24.7 Å². The van der Waals surface area contributed by atoms with Crippen molar-refractivity contribution >= 4 is 98.2 Å². The summed E-state index contributed by atoms with van der Waals surface area (Å²) >= 11 is 16.8. The Labute approximate surface area is 283 Å². The summed E-state index contributed by atoms with van der Waals surface area (Å²) in [4.78, 5) is 55.3. The predicted octanol–water partition coefficient (Wildman–Crippen LogP) is 5.04. The second-order valence-electron chi connectivity index (χ2n) is 9.42. The molecule has 45 heavy (non-hydrogen) atoms. The van der Waals surface area contributed by atoms with Crippen LogP contribution in [0.5, 0.6) is 0 Å². The fourth-order valence-electron chi connectivity index (χ4n) is 4.73. The molecule has 2 atom stereocenters. The minimum atomic E-state index is -0.946. The zero-order valence-electron chi connectivity index (χ0n) is 23.0. The summed E-state index contributed by atoms with van der Waals surface area (Å²) in [6.07, 6.45) is -0.742. The minimum Gasteiger partial charge on any atom is -0.448 e. The van der Waals surface area contributed by atoms with E-state index < -0.39 is 35.3 Å². The van der Waals surface area contributed by atoms with Crippen LogP contribution in [0.2, 0.25) is 9.62 Å². The van der Waals surface area contributed by atoms with E-state index in [0.717, 1.165) is 34.0 Å². The van der Waals surface area contributed by atoms with Gasteiger partial charge in [0.25, 0.3) is 11.8 Å². The van der Waals surface area contributed by atoms with Gasteiger partial charge in [0.15, 0.2) is 21.3 Å². The Morgan fingerprint density at radius 3 is 2.33 bits per heavy atom. The zero-order chi connectivity index (χ0) is 31.7. The maximum absolute atomic E-state index is 14.1. The van der Waals surface area contributed by atoms with Crippen molar-refractivity contribution in [1.82, 2.24) is 24.6 Å². The molecule has 2 aromatic carbocycles. The lowest BCUT2D eigenvalue weighted by Gasteiger charge is -2.49. The molecule has 1 unspecified atom stereocenters. The van der Waals surface area contributed by atoms with Crippen LogP contribution in [0, 0.1) is 0 Å². The number of aliphatic imine (C=N–C) groups is 1. The van der Waals surface area contributed by atoms with Gasteiger partial charge in [0.1, 0.15) is 27.1 Å². The Bertz CT molecular complexity index is 1790. The first kappa shape index (κ1) is 31.5. The number of esters is 1. The lowest BCUT2D eigenvalue weighted by Crippen LogP contribution is -2.71. The average Bonchev–Trinajstić information content (AvgIpc) is 3.61. The molecule has 0 spiro atoms. The Kier molecular flexibility index (Phi) is 9.44. The Morgan fingerprint density at radius 1 is 1.11 bits per heavy atom. The average molecular weight is 719 g/mol. The molecule has 2 amide bonds. The number of ether oxygens (including phenoxy) is 1. The van der Waals surface area contributed by atoms with Gasteiger partial charge in [0, 0.05) is 17.7 Å². The molecule has 0 saturated carbocycles. The molecule has 1 saturated heterocycles. The normalized spacial score (nSPS) is 18.1. The highest BCUT2D eigenvalue weighted by molar-refractivity contribution is 8.07. The number of thiazole rings is 1. The first-order chi connectivity index (χ1) is 21.7. The number of nitrogen functional groups attached to an aromatic ring is 1. The van der Waals surface area contributed by atoms with Crippen LogP contribution in [0.4, 0.5) is 5.13 Å². The van der Waals surface area contributed by atoms with Crippen LogP contribution in [-0.4, -0.2) is 67.0 Å². The van der Waals surface area contributed by atoms with Gasteiger partial charge in [0.2, 0.25) is 5.28 Å². The summed E-state index contributed by atoms with van der Waals surface area (Å²) in [5.41, 5.74) is 7.41. The third-order valence-electron chi connectivity index (χ3n) is 6.70. The van der Waals surface area contributed by atoms with Crippen LogP contribution < -0.4 is 11.1 Å². The van der Waals surface area contributed by atoms with Gasteiger partial charge in [-0.1, -0.05) is 95.4 Å². The van der Waals surface area contributed by atoms with E-state index in [9.17, 15) is 14.4 Å². The summed E-state index contributed by atoms with van der Waals surface area (Å²) in [6, 6.07) is 17.7. The van der Waals surface area contributed by atoms with Crippen molar-refractivity contribution in [3.05, 3.63) is 97.7 Å². The number of hydrogen-bond donors (Lipinski definition) is 2. The molecule has 0 bridgehead atoms. The van der Waals surface area contributed by atoms with E-state index in [1.807, 2.05) is 60.7 Å². The molecule has 11 nitrogen and oxygen atoms in total. The lowest BCUT2D eigenvalue weighted by atomic mass is 10.0. The minimum absolute atomic E-state index is 0.0619. The van der Waals surface area contributed by atoms with E-state index in [1.54, 1.807) is 0 Å². The molecule has 0 aliphatic carbocycles. The molecule has 17 heteroatoms. The number of hydrogen-bond acceptors (Lipinski definition) is 13. The Hall–Kier alpha value is -3.47. The number of nitrogens with two attached hydrogens (primary N) is 1. The number of fused-ring (bicyclic) bond motifs is 1. The molecule has 0 radical (unpaired) electrons. The molecule has 2 aromatic heterocycles. The number of carbonyl (C=O) groups is 3. The highest BCUT2D eigenvalue weighted by Gasteiger charge is 2.55. The monoisotopic (exact) mass is 717 g/mol. The van der Waals surface area contributed by atoms with Crippen molar-refractivity contribution in [2.45, 2.75) is 21.9 Å². The first-order valence-electron chi connectivity index (χ1n) is 13.1. The van der Waals surface area contributed by atoms with Gasteiger partial charge in [-0.05, 0) is 34.3 Å². The largest absolute Gasteiger partial charge is 0.448 e. The molecule has 1 fully saturated rings. The smallest absolute Gasteiger partial charge is 0.356 e. The summed E-state index contributed by atoms with van der Waals surface area (Å²) < 4.78 is 10.9. The van der Waals surface area contributed by atoms with E-state index in [4.69, 9.17) is 33.7 Å². The van der Waals surface area contributed by atoms with E-state index in [0.29, 0.717) is 15.0 Å². The number of nitrogens with zero attached hydrogens (tertiary/aromatic N) is 5. The van der Waals surface area contributed by atoms with E-state index in [1.165, 1.54) is 35.5 Å². The summed E-state index contributed by atoms with van der Waals surface area (Å²) in [5, 5.41) is 2.41. The molecule has 6 rings (SSSR count). The summed E-state index contributed by atoms with van der Waals surface area (Å²) in [5.74, 6) is -1.50. The number of amides is 2. The number of aromatic nitrogens is 3. The fourth-order valence-corrected chi connectivity index (χ4v) is 9.09. The number of halogens is 2. The van der Waals surface area contributed by atoms with Gasteiger partial charge in [-0.25, -0.2) is 9.78 Å². The topological polar surface area (TPSA) is 153 Å². The lowest BCUT2D eigenvalue weighted by molar-refractivity contribution is -0.154. The first-order valence-corrected chi connectivity index (χ1v) is 17.3. The molecule has 4 aromatic rings. The van der Waals surface area contributed by atoms with Crippen LogP contribution in [0.3, 0.4) is 0 Å². The van der Waals surface area contributed by atoms with Crippen LogP contribution in [0.1, 0.15) is 22.9 Å². The second kappa shape index (κ2) is 13.5. The number of benzene rings is 2. The zero-order valence-corrected chi connectivity index (χ0v) is 27.8. The van der Waals surface area contributed by atoms with E-state index in [-0.39, 0.29) is 31.9 Å². The Balaban J connectivity index is 1.30. The second-order valence-corrected chi connectivity index (χ2v) is 14.6. The molecule has 2 aliphatic rings. The molecular weight excluding hydrogens is 698 g/mol. The van der Waals surface area contributed by atoms with Crippen molar-refractivity contribution in [3.8, 4) is 0 Å². The number of carbonyl (C=O) groups excluding carboxylic acids is 3. The van der Waals surface area contributed by atoms with Crippen molar-refractivity contribution in [1.29, 1.82) is 0 Å². The van der Waals surface area contributed by atoms with E-state index >= 15 is 0 Å². The number of β-lactam (4-membered cyclic amide) rings is 1. The number of rotatable bonds is 9. The highest BCUT2D eigenvalue weighted by Crippen LogP contribution is 2.46. The van der Waals surface area contributed by atoms with Crippen LogP contribution >= 0.6 is 69.6 Å². The number of nitrogens with one attached hydrogen (secondary N) is 1. The van der Waals surface area contributed by atoms with Crippen molar-refractivity contribution < 1.29 is 19.1 Å². The standard InChI is InChI=1S/C28H21Cl2N7O4S4/c1-32-17(16-21(29)44-27(31)34-16)22(38)33-18-23(39)37-19(15(12-42-24(18)37)43-28-35-26(30)36-45-28)25(40)41-20(13-8-4-2-5-9-13)14-10-6-3-7-11-14/h2-11,18,20,24H,12H2,1H3,(H2,31,34)(H,33,38)/t18-,24?/m1/s1. The molecule has 2 aliphatic heterocycles. The van der Waals surface area contributed by atoms with Crippen molar-refractivity contribution in [3.63, 3.8) is 0 Å². The van der Waals surface area contributed by atoms with Gasteiger partial charge in [-0.2, -0.15) is 9.36 Å². The van der Waals surface area contributed by atoms with Crippen LogP contribution in [0.25, 0.3) is 0 Å². The van der Waals surface area contributed by atoms with Gasteiger partial charge in [0.05, 0.1) is 0 Å². The summed E-state index contributed by atoms with van der Waals surface area (Å²) in [6.45, 7) is 0. The third-order valence-corrected chi connectivity index (χ3v) is 11.4. The SMILES string of the molecule is CN=C(C(=O)N[C@@H]1C(=O)N2C(C(=O)OC(c3ccccc3)c3ccccc3)=C(Sc3nc(Cl)ns3)CSC12)c1nc(N)sc1Cl. The Morgan fingerprint density at radius 2 is 1.78 bits per heavy atom. The molecular formula is C28H21Cl2N7O4S4. The van der Waals surface area contributed by atoms with Crippen molar-refractivity contribution in [2.24, 2.45) is 4.99 Å². The van der Waals surface area contributed by atoms with Crippen molar-refractivity contribution in [2.75, 3.05) is 18.5 Å². The fraction of sp³-hybridized carbons (Fsp3) is 0.179. The van der Waals surface area contributed by atoms with Crippen LogP contribution in [0.15, 0.2) is 80.6 Å². The predicted molar refractivity (Wildman–Crippen MR) is 178 cm³/mol. The van der Waals surface area contributed by atoms with Crippen LogP contribution in [-0.2, 0) is 19.1 Å². The third kappa shape index (κ3) is 6.46. The molecule has 230 valence electrons. The maximum atomic E-state index is 14.1. The van der Waals surface area contributed by atoms with Gasteiger partial charge < -0.3 is 15.8 Å². The quantitative estimate of drug-likeness (QED) is 0.137.